The van der Waals surface area contributed by atoms with Gasteiger partial charge in [-0.2, -0.15) is 0 Å². The van der Waals surface area contributed by atoms with E-state index in [1.54, 1.807) is 0 Å². The van der Waals surface area contributed by atoms with Crippen molar-refractivity contribution in [3.63, 3.8) is 0 Å². The van der Waals surface area contributed by atoms with Crippen LogP contribution >= 0.6 is 0 Å². The minimum absolute atomic E-state index is 0.127. The summed E-state index contributed by atoms with van der Waals surface area (Å²) in [7, 11) is 1.98. The average Bonchev–Trinajstić information content (AvgIpc) is 2.97. The molecule has 3 nitrogen and oxygen atoms in total. The van der Waals surface area contributed by atoms with Gasteiger partial charge in [-0.25, -0.2) is 0 Å². The Bertz CT molecular complexity index is 606. The Hall–Kier alpha value is -1.61. The van der Waals surface area contributed by atoms with E-state index in [2.05, 4.69) is 19.1 Å². The van der Waals surface area contributed by atoms with Crippen LogP contribution in [0.25, 0.3) is 10.9 Å². The summed E-state index contributed by atoms with van der Waals surface area (Å²) < 4.78 is 7.51. The highest BCUT2D eigenvalue weighted by Gasteiger charge is 2.27. The number of Topliss-reactive ketones (excluding diaryl/α,β-unsaturated/α-hetero) is 1. The second-order valence-corrected chi connectivity index (χ2v) is 5.04. The van der Waals surface area contributed by atoms with E-state index in [0.29, 0.717) is 6.61 Å². The molecule has 18 heavy (non-hydrogen) atoms. The van der Waals surface area contributed by atoms with Gasteiger partial charge < -0.3 is 9.30 Å². The third-order valence-electron chi connectivity index (χ3n) is 3.63. The van der Waals surface area contributed by atoms with Crippen LogP contribution in [0.3, 0.4) is 0 Å². The molecule has 0 saturated carbocycles. The quantitative estimate of drug-likeness (QED) is 0.759. The summed E-state index contributed by atoms with van der Waals surface area (Å²) >= 11 is 0. The molecule has 0 bridgehead atoms. The Labute approximate surface area is 106 Å². The van der Waals surface area contributed by atoms with Gasteiger partial charge in [0, 0.05) is 36.3 Å². The predicted octanol–water partition coefficient (Wildman–Crippen LogP) is 2.85. The molecule has 0 spiro atoms. The summed E-state index contributed by atoms with van der Waals surface area (Å²) in [5.41, 5.74) is 3.11. The average molecular weight is 243 g/mol. The highest BCUT2D eigenvalue weighted by atomic mass is 16.5. The molecule has 3 rings (SSSR count). The number of ketones is 1. The molecule has 1 aliphatic heterocycles. The number of carbonyl (C=O) groups is 1. The summed E-state index contributed by atoms with van der Waals surface area (Å²) in [5, 5.41) is 1.03. The fourth-order valence-electron chi connectivity index (χ4n) is 2.65. The number of nitrogens with zero attached hydrogens (tertiary/aromatic N) is 1. The van der Waals surface area contributed by atoms with Gasteiger partial charge in [0.25, 0.3) is 0 Å². The Morgan fingerprint density at radius 1 is 1.44 bits per heavy atom. The van der Waals surface area contributed by atoms with Crippen molar-refractivity contribution >= 4 is 16.7 Å². The third-order valence-corrected chi connectivity index (χ3v) is 3.63. The van der Waals surface area contributed by atoms with Crippen LogP contribution in [0.15, 0.2) is 24.4 Å². The monoisotopic (exact) mass is 243 g/mol. The molecule has 2 aromatic rings. The van der Waals surface area contributed by atoms with E-state index < -0.39 is 0 Å². The summed E-state index contributed by atoms with van der Waals surface area (Å²) in [6.45, 7) is 2.77. The van der Waals surface area contributed by atoms with E-state index in [9.17, 15) is 4.79 Å². The van der Waals surface area contributed by atoms with Crippen LogP contribution in [0, 0.1) is 6.92 Å². The van der Waals surface area contributed by atoms with E-state index in [1.165, 1.54) is 5.56 Å². The van der Waals surface area contributed by atoms with Crippen molar-refractivity contribution in [2.45, 2.75) is 25.9 Å². The third kappa shape index (κ3) is 1.75. The number of rotatable bonds is 2. The van der Waals surface area contributed by atoms with E-state index in [-0.39, 0.29) is 11.9 Å². The highest BCUT2D eigenvalue weighted by molar-refractivity contribution is 6.10. The molecule has 1 fully saturated rings. The van der Waals surface area contributed by atoms with Crippen LogP contribution in [0.4, 0.5) is 0 Å². The number of benzene rings is 1. The molecular formula is C15H17NO2. The molecule has 0 aliphatic carbocycles. The standard InChI is InChI=1S/C15H17NO2/c1-10-5-6-11-12(9-16(2)13(11)8-10)15(17)14-4-3-7-18-14/h5-6,8-9,14H,3-4,7H2,1-2H3. The first-order valence-electron chi connectivity index (χ1n) is 6.38. The number of hydrogen-bond acceptors (Lipinski definition) is 2. The van der Waals surface area contributed by atoms with Crippen molar-refractivity contribution in [3.05, 3.63) is 35.5 Å². The second-order valence-electron chi connectivity index (χ2n) is 5.04. The molecule has 0 radical (unpaired) electrons. The molecule has 94 valence electrons. The number of hydrogen-bond donors (Lipinski definition) is 0. The SMILES string of the molecule is Cc1ccc2c(C(=O)C3CCCO3)cn(C)c2c1. The van der Waals surface area contributed by atoms with E-state index >= 15 is 0 Å². The number of ether oxygens (including phenoxy) is 1. The summed E-state index contributed by atoms with van der Waals surface area (Å²) in [6, 6.07) is 6.20. The van der Waals surface area contributed by atoms with Crippen LogP contribution in [0.1, 0.15) is 28.8 Å². The van der Waals surface area contributed by atoms with Crippen molar-refractivity contribution < 1.29 is 9.53 Å². The topological polar surface area (TPSA) is 31.2 Å². The number of fused-ring (bicyclic) bond motifs is 1. The molecular weight excluding hydrogens is 226 g/mol. The molecule has 1 atom stereocenters. The maximum absolute atomic E-state index is 12.4. The van der Waals surface area contributed by atoms with Gasteiger partial charge in [-0.3, -0.25) is 4.79 Å². The normalized spacial score (nSPS) is 19.6. The van der Waals surface area contributed by atoms with Crippen molar-refractivity contribution in [1.29, 1.82) is 0 Å². The molecule has 1 aromatic carbocycles. The molecule has 0 amide bonds. The summed E-state index contributed by atoms with van der Waals surface area (Å²) in [6.07, 6.45) is 3.52. The summed E-state index contributed by atoms with van der Waals surface area (Å²) in [5.74, 6) is 0.127. The minimum atomic E-state index is -0.239. The lowest BCUT2D eigenvalue weighted by atomic mass is 10.0. The van der Waals surface area contributed by atoms with Gasteiger partial charge in [-0.1, -0.05) is 12.1 Å². The highest BCUT2D eigenvalue weighted by Crippen LogP contribution is 2.26. The lowest BCUT2D eigenvalue weighted by Crippen LogP contribution is -2.19. The van der Waals surface area contributed by atoms with Crippen LogP contribution < -0.4 is 0 Å². The smallest absolute Gasteiger partial charge is 0.193 e. The molecule has 1 aromatic heterocycles. The Balaban J connectivity index is 2.09. The Kier molecular flexibility index (Phi) is 2.71. The van der Waals surface area contributed by atoms with E-state index in [0.717, 1.165) is 29.3 Å². The van der Waals surface area contributed by atoms with Crippen molar-refractivity contribution in [3.8, 4) is 0 Å². The lowest BCUT2D eigenvalue weighted by Gasteiger charge is -2.06. The second kappa shape index (κ2) is 4.25. The van der Waals surface area contributed by atoms with Crippen molar-refractivity contribution in [1.82, 2.24) is 4.57 Å². The zero-order chi connectivity index (χ0) is 12.7. The maximum Gasteiger partial charge on any atom is 0.193 e. The number of aryl methyl sites for hydroxylation is 2. The zero-order valence-corrected chi connectivity index (χ0v) is 10.8. The van der Waals surface area contributed by atoms with Crippen LogP contribution in [0.5, 0.6) is 0 Å². The summed E-state index contributed by atoms with van der Waals surface area (Å²) in [4.78, 5) is 12.4. The van der Waals surface area contributed by atoms with E-state index in [1.807, 2.05) is 23.9 Å². The molecule has 3 heteroatoms. The number of aromatic nitrogens is 1. The Morgan fingerprint density at radius 2 is 2.28 bits per heavy atom. The Morgan fingerprint density at radius 3 is 3.00 bits per heavy atom. The largest absolute Gasteiger partial charge is 0.370 e. The fraction of sp³-hybridized carbons (Fsp3) is 0.400. The van der Waals surface area contributed by atoms with Crippen LogP contribution in [0.2, 0.25) is 0 Å². The van der Waals surface area contributed by atoms with Crippen LogP contribution in [-0.2, 0) is 11.8 Å². The van der Waals surface area contributed by atoms with Crippen LogP contribution in [-0.4, -0.2) is 23.1 Å². The van der Waals surface area contributed by atoms with Crippen molar-refractivity contribution in [2.24, 2.45) is 7.05 Å². The first-order valence-corrected chi connectivity index (χ1v) is 6.38. The minimum Gasteiger partial charge on any atom is -0.370 e. The van der Waals surface area contributed by atoms with Gasteiger partial charge in [0.15, 0.2) is 5.78 Å². The lowest BCUT2D eigenvalue weighted by molar-refractivity contribution is 0.0644. The fourth-order valence-corrected chi connectivity index (χ4v) is 2.65. The molecule has 1 unspecified atom stereocenters. The maximum atomic E-state index is 12.4. The molecule has 0 N–H and O–H groups in total. The predicted molar refractivity (Wildman–Crippen MR) is 71.0 cm³/mol. The van der Waals surface area contributed by atoms with E-state index in [4.69, 9.17) is 4.74 Å². The van der Waals surface area contributed by atoms with Gasteiger partial charge in [-0.15, -0.1) is 0 Å². The molecule has 2 heterocycles. The first kappa shape index (κ1) is 11.5. The number of carbonyl (C=O) groups excluding carboxylic acids is 1. The van der Waals surface area contributed by atoms with Gasteiger partial charge in [0.2, 0.25) is 0 Å². The van der Waals surface area contributed by atoms with Gasteiger partial charge in [0.1, 0.15) is 6.10 Å². The first-order chi connectivity index (χ1) is 8.66. The van der Waals surface area contributed by atoms with Gasteiger partial charge in [0.05, 0.1) is 0 Å². The molecule has 1 aliphatic rings. The van der Waals surface area contributed by atoms with Crippen molar-refractivity contribution in [2.75, 3.05) is 6.61 Å². The van der Waals surface area contributed by atoms with Gasteiger partial charge >= 0.3 is 0 Å². The molecule has 1 saturated heterocycles. The van der Waals surface area contributed by atoms with Gasteiger partial charge in [-0.05, 0) is 31.4 Å². The zero-order valence-electron chi connectivity index (χ0n) is 10.8.